The Bertz CT molecular complexity index is 447. The molecule has 3 amide bonds. The number of nitrogens with one attached hydrogen (secondary N) is 2. The first-order chi connectivity index (χ1) is 7.90. The van der Waals surface area contributed by atoms with E-state index in [-0.39, 0.29) is 0 Å². The van der Waals surface area contributed by atoms with Gasteiger partial charge in [0.05, 0.1) is 0 Å². The van der Waals surface area contributed by atoms with Crippen molar-refractivity contribution in [1.82, 2.24) is 5.32 Å². The molecule has 0 aromatic heterocycles. The van der Waals surface area contributed by atoms with E-state index in [4.69, 9.17) is 23.2 Å². The van der Waals surface area contributed by atoms with Gasteiger partial charge in [-0.3, -0.25) is 10.1 Å². The summed E-state index contributed by atoms with van der Waals surface area (Å²) in [6, 6.07) is 4.40. The molecule has 2 N–H and O–H groups in total. The average Bonchev–Trinajstić information content (AvgIpc) is 2.22. The van der Waals surface area contributed by atoms with Gasteiger partial charge in [-0.2, -0.15) is 0 Å². The zero-order valence-electron chi connectivity index (χ0n) is 9.38. The molecule has 0 heterocycles. The summed E-state index contributed by atoms with van der Waals surface area (Å²) in [5, 5.41) is 4.48. The van der Waals surface area contributed by atoms with Crippen LogP contribution < -0.4 is 10.6 Å². The van der Waals surface area contributed by atoms with Gasteiger partial charge in [0.25, 0.3) is 0 Å². The highest BCUT2D eigenvalue weighted by Gasteiger charge is 2.13. The van der Waals surface area contributed by atoms with Crippen LogP contribution in [0.5, 0.6) is 0 Å². The molecule has 0 aliphatic rings. The predicted octanol–water partition coefficient (Wildman–Crippen LogP) is 2.92. The van der Waals surface area contributed by atoms with Gasteiger partial charge in [-0.25, -0.2) is 4.79 Å². The second-order valence-corrected chi connectivity index (χ2v) is 4.61. The molecule has 1 rings (SSSR count). The van der Waals surface area contributed by atoms with E-state index in [1.807, 2.05) is 0 Å². The normalized spacial score (nSPS) is 11.8. The lowest BCUT2D eigenvalue weighted by Crippen LogP contribution is -2.38. The van der Waals surface area contributed by atoms with Crippen LogP contribution >= 0.6 is 23.2 Å². The Morgan fingerprint density at radius 1 is 1.35 bits per heavy atom. The number of urea groups is 1. The zero-order valence-corrected chi connectivity index (χ0v) is 10.9. The lowest BCUT2D eigenvalue weighted by molar-refractivity contribution is -0.119. The largest absolute Gasteiger partial charge is 0.325 e. The molecular weight excluding hydrogens is 263 g/mol. The highest BCUT2D eigenvalue weighted by molar-refractivity contribution is 6.32. The summed E-state index contributed by atoms with van der Waals surface area (Å²) in [7, 11) is 0. The van der Waals surface area contributed by atoms with Crippen molar-refractivity contribution in [2.45, 2.75) is 19.2 Å². The van der Waals surface area contributed by atoms with Gasteiger partial charge in [0.15, 0.2) is 0 Å². The third kappa shape index (κ3) is 4.24. The first-order valence-electron chi connectivity index (χ1n) is 4.92. The number of anilines is 1. The van der Waals surface area contributed by atoms with Crippen LogP contribution in [0.1, 0.15) is 12.5 Å². The van der Waals surface area contributed by atoms with E-state index in [0.29, 0.717) is 10.7 Å². The van der Waals surface area contributed by atoms with Crippen molar-refractivity contribution >= 4 is 40.8 Å². The van der Waals surface area contributed by atoms with E-state index >= 15 is 0 Å². The van der Waals surface area contributed by atoms with Crippen LogP contribution in [0, 0.1) is 6.92 Å². The summed E-state index contributed by atoms with van der Waals surface area (Å²) in [5.74, 6) is -0.546. The number of carbonyl (C=O) groups is 2. The fraction of sp³-hybridized carbons (Fsp3) is 0.273. The molecule has 0 spiro atoms. The van der Waals surface area contributed by atoms with Crippen molar-refractivity contribution in [3.63, 3.8) is 0 Å². The second kappa shape index (κ2) is 5.89. The minimum atomic E-state index is -0.757. The molecule has 1 unspecified atom stereocenters. The van der Waals surface area contributed by atoms with Crippen LogP contribution in [0.3, 0.4) is 0 Å². The molecule has 1 aromatic rings. The highest BCUT2D eigenvalue weighted by atomic mass is 35.5. The van der Waals surface area contributed by atoms with Crippen molar-refractivity contribution in [2.24, 2.45) is 0 Å². The SMILES string of the molecule is Cc1cc(Cl)ccc1NC(=O)NC(=O)C(C)Cl. The number of hydrogen-bond acceptors (Lipinski definition) is 2. The van der Waals surface area contributed by atoms with Crippen LogP contribution in [0.25, 0.3) is 0 Å². The van der Waals surface area contributed by atoms with Gasteiger partial charge in [-0.15, -0.1) is 11.6 Å². The number of hydrogen-bond donors (Lipinski definition) is 2. The quantitative estimate of drug-likeness (QED) is 0.815. The fourth-order valence-electron chi connectivity index (χ4n) is 1.13. The second-order valence-electron chi connectivity index (χ2n) is 3.52. The molecule has 0 saturated heterocycles. The summed E-state index contributed by atoms with van der Waals surface area (Å²) in [6.07, 6.45) is 0. The molecule has 92 valence electrons. The Labute approximate surface area is 109 Å². The highest BCUT2D eigenvalue weighted by Crippen LogP contribution is 2.19. The molecule has 0 fully saturated rings. The van der Waals surface area contributed by atoms with Crippen molar-refractivity contribution in [1.29, 1.82) is 0 Å². The van der Waals surface area contributed by atoms with Crippen molar-refractivity contribution < 1.29 is 9.59 Å². The van der Waals surface area contributed by atoms with E-state index in [1.54, 1.807) is 25.1 Å². The summed E-state index contributed by atoms with van der Waals surface area (Å²) in [4.78, 5) is 22.6. The van der Waals surface area contributed by atoms with E-state index in [2.05, 4.69) is 10.6 Å². The minimum Gasteiger partial charge on any atom is -0.307 e. The third-order valence-corrected chi connectivity index (χ3v) is 2.47. The molecule has 1 atom stereocenters. The van der Waals surface area contributed by atoms with E-state index < -0.39 is 17.3 Å². The summed E-state index contributed by atoms with van der Waals surface area (Å²) < 4.78 is 0. The van der Waals surface area contributed by atoms with Crippen LogP contribution in [-0.2, 0) is 4.79 Å². The van der Waals surface area contributed by atoms with Gasteiger partial charge in [0, 0.05) is 10.7 Å². The number of benzene rings is 1. The molecule has 0 aliphatic heterocycles. The fourth-order valence-corrected chi connectivity index (χ4v) is 1.41. The molecule has 1 aromatic carbocycles. The first kappa shape index (κ1) is 13.8. The van der Waals surface area contributed by atoms with Gasteiger partial charge < -0.3 is 5.32 Å². The van der Waals surface area contributed by atoms with Gasteiger partial charge in [0.1, 0.15) is 5.38 Å². The molecule has 0 radical (unpaired) electrons. The average molecular weight is 275 g/mol. The smallest absolute Gasteiger partial charge is 0.307 e. The standard InChI is InChI=1S/C11H12Cl2N2O2/c1-6-5-8(13)3-4-9(6)14-11(17)15-10(16)7(2)12/h3-5,7H,1-2H3,(H2,14,15,16,17). The number of carbonyl (C=O) groups excluding carboxylic acids is 2. The number of aryl methyl sites for hydroxylation is 1. The number of amides is 3. The van der Waals surface area contributed by atoms with Crippen LogP contribution in [-0.4, -0.2) is 17.3 Å². The maximum atomic E-state index is 11.4. The number of halogens is 2. The third-order valence-electron chi connectivity index (χ3n) is 2.03. The number of rotatable bonds is 2. The Balaban J connectivity index is 2.65. The number of imide groups is 1. The maximum Gasteiger partial charge on any atom is 0.325 e. The first-order valence-corrected chi connectivity index (χ1v) is 5.73. The molecule has 6 heteroatoms. The zero-order chi connectivity index (χ0) is 13.0. The summed E-state index contributed by atoms with van der Waals surface area (Å²) in [5.41, 5.74) is 1.39. The Morgan fingerprint density at radius 3 is 2.53 bits per heavy atom. The molecule has 0 bridgehead atoms. The van der Waals surface area contributed by atoms with Gasteiger partial charge in [-0.1, -0.05) is 11.6 Å². The molecule has 4 nitrogen and oxygen atoms in total. The number of alkyl halides is 1. The minimum absolute atomic E-state index is 0.546. The Hall–Kier alpha value is -1.26. The lowest BCUT2D eigenvalue weighted by Gasteiger charge is -2.09. The molecule has 0 saturated carbocycles. The summed E-state index contributed by atoms with van der Waals surface area (Å²) >= 11 is 11.3. The van der Waals surface area contributed by atoms with Crippen molar-refractivity contribution in [3.8, 4) is 0 Å². The maximum absolute atomic E-state index is 11.4. The van der Waals surface area contributed by atoms with Crippen LogP contribution in [0.2, 0.25) is 5.02 Å². The van der Waals surface area contributed by atoms with Crippen LogP contribution in [0.4, 0.5) is 10.5 Å². The Kier molecular flexibility index (Phi) is 4.78. The van der Waals surface area contributed by atoms with E-state index in [9.17, 15) is 9.59 Å². The van der Waals surface area contributed by atoms with Gasteiger partial charge in [-0.05, 0) is 37.6 Å². The Morgan fingerprint density at radius 2 is 2.00 bits per heavy atom. The van der Waals surface area contributed by atoms with E-state index in [0.717, 1.165) is 5.56 Å². The van der Waals surface area contributed by atoms with Crippen LogP contribution in [0.15, 0.2) is 18.2 Å². The molecule has 17 heavy (non-hydrogen) atoms. The molecular formula is C11H12Cl2N2O2. The predicted molar refractivity (Wildman–Crippen MR) is 68.7 cm³/mol. The molecule has 0 aliphatic carbocycles. The lowest BCUT2D eigenvalue weighted by atomic mass is 10.2. The van der Waals surface area contributed by atoms with E-state index in [1.165, 1.54) is 6.92 Å². The topological polar surface area (TPSA) is 58.2 Å². The van der Waals surface area contributed by atoms with Gasteiger partial charge >= 0.3 is 6.03 Å². The van der Waals surface area contributed by atoms with Crippen molar-refractivity contribution in [3.05, 3.63) is 28.8 Å². The monoisotopic (exact) mass is 274 g/mol. The summed E-state index contributed by atoms with van der Waals surface area (Å²) in [6.45, 7) is 3.28. The van der Waals surface area contributed by atoms with Gasteiger partial charge in [0.2, 0.25) is 5.91 Å². The van der Waals surface area contributed by atoms with Crippen molar-refractivity contribution in [2.75, 3.05) is 5.32 Å².